The number of benzene rings is 1. The van der Waals surface area contributed by atoms with E-state index < -0.39 is 0 Å². The largest absolute Gasteiger partial charge is 0.493 e. The summed E-state index contributed by atoms with van der Waals surface area (Å²) >= 11 is 5.28. The molecule has 24 heavy (non-hydrogen) atoms. The third kappa shape index (κ3) is 2.95. The molecule has 0 amide bonds. The van der Waals surface area contributed by atoms with Crippen molar-refractivity contribution in [2.45, 2.75) is 0 Å². The summed E-state index contributed by atoms with van der Waals surface area (Å²) in [6.07, 6.45) is 3.68. The van der Waals surface area contributed by atoms with Gasteiger partial charge in [0.1, 0.15) is 0 Å². The van der Waals surface area contributed by atoms with Crippen LogP contribution < -0.4 is 9.47 Å². The topological polar surface area (TPSA) is 69.4 Å². The molecule has 0 saturated heterocycles. The highest BCUT2D eigenvalue weighted by molar-refractivity contribution is 7.71. The fraction of sp³-hybridized carbons (Fsp3) is 0.188. The summed E-state index contributed by atoms with van der Waals surface area (Å²) in [7, 11) is 5.13. The Balaban J connectivity index is 2.03. The molecule has 0 atom stereocenters. The second-order valence-electron chi connectivity index (χ2n) is 5.02. The minimum absolute atomic E-state index is 0.408. The molecule has 2 aromatic heterocycles. The fourth-order valence-electron chi connectivity index (χ4n) is 2.29. The van der Waals surface area contributed by atoms with Crippen molar-refractivity contribution in [3.8, 4) is 22.9 Å². The number of aryl methyl sites for hydroxylation is 1. The van der Waals surface area contributed by atoms with E-state index in [0.29, 0.717) is 22.1 Å². The lowest BCUT2D eigenvalue weighted by molar-refractivity contribution is 0.355. The summed E-state index contributed by atoms with van der Waals surface area (Å²) in [6.45, 7) is 0. The first-order chi connectivity index (χ1) is 11.6. The number of nitrogens with zero attached hydrogens (tertiary/aromatic N) is 4. The van der Waals surface area contributed by atoms with Crippen molar-refractivity contribution in [3.63, 3.8) is 0 Å². The summed E-state index contributed by atoms with van der Waals surface area (Å²) in [4.78, 5) is 0. The van der Waals surface area contributed by atoms with Crippen molar-refractivity contribution >= 4 is 18.4 Å². The van der Waals surface area contributed by atoms with Gasteiger partial charge in [-0.1, -0.05) is 0 Å². The zero-order valence-corrected chi connectivity index (χ0v) is 14.4. The summed E-state index contributed by atoms with van der Waals surface area (Å²) in [5.74, 6) is 1.85. The van der Waals surface area contributed by atoms with Crippen LogP contribution in [0.15, 0.2) is 41.6 Å². The van der Waals surface area contributed by atoms with Gasteiger partial charge in [-0.2, -0.15) is 14.9 Å². The van der Waals surface area contributed by atoms with E-state index in [4.69, 9.17) is 21.7 Å². The summed E-state index contributed by atoms with van der Waals surface area (Å²) in [6, 6.07) is 9.44. The number of methoxy groups -OCH3 is 2. The van der Waals surface area contributed by atoms with E-state index in [1.54, 1.807) is 25.1 Å². The number of rotatable bonds is 5. The molecule has 124 valence electrons. The molecule has 0 saturated carbocycles. The van der Waals surface area contributed by atoms with E-state index in [1.165, 1.54) is 0 Å². The van der Waals surface area contributed by atoms with Gasteiger partial charge in [0, 0.05) is 18.8 Å². The molecule has 3 rings (SSSR count). The molecule has 1 aromatic carbocycles. The monoisotopic (exact) mass is 343 g/mol. The number of aromatic nitrogens is 4. The van der Waals surface area contributed by atoms with Gasteiger partial charge in [-0.05, 0) is 42.5 Å². The van der Waals surface area contributed by atoms with Crippen LogP contribution in [-0.4, -0.2) is 39.9 Å². The maximum Gasteiger partial charge on any atom is 0.216 e. The second kappa shape index (κ2) is 6.71. The molecule has 0 bridgehead atoms. The van der Waals surface area contributed by atoms with E-state index >= 15 is 0 Å². The van der Waals surface area contributed by atoms with Crippen LogP contribution in [0, 0.1) is 4.77 Å². The second-order valence-corrected chi connectivity index (χ2v) is 5.41. The van der Waals surface area contributed by atoms with Crippen molar-refractivity contribution < 1.29 is 9.47 Å². The SMILES string of the molecule is COc1ccc(-c2n[nH]c(=S)n2/N=C\c2cccn2C)cc1OC. The van der Waals surface area contributed by atoms with Crippen LogP contribution in [0.4, 0.5) is 0 Å². The number of hydrogen-bond acceptors (Lipinski definition) is 5. The number of ether oxygens (including phenoxy) is 2. The van der Waals surface area contributed by atoms with Gasteiger partial charge >= 0.3 is 0 Å². The van der Waals surface area contributed by atoms with E-state index in [9.17, 15) is 0 Å². The predicted molar refractivity (Wildman–Crippen MR) is 94.4 cm³/mol. The Bertz CT molecular complexity index is 938. The molecule has 1 N–H and O–H groups in total. The Morgan fingerprint density at radius 1 is 1.21 bits per heavy atom. The molecule has 8 heteroatoms. The highest BCUT2D eigenvalue weighted by atomic mass is 32.1. The molecular weight excluding hydrogens is 326 g/mol. The van der Waals surface area contributed by atoms with Crippen LogP contribution in [0.25, 0.3) is 11.4 Å². The zero-order valence-electron chi connectivity index (χ0n) is 13.6. The van der Waals surface area contributed by atoms with Gasteiger partial charge in [0.15, 0.2) is 17.3 Å². The number of hydrogen-bond donors (Lipinski definition) is 1. The van der Waals surface area contributed by atoms with Gasteiger partial charge in [-0.3, -0.25) is 0 Å². The summed E-state index contributed by atoms with van der Waals surface area (Å²) in [5, 5.41) is 11.5. The van der Waals surface area contributed by atoms with Crippen LogP contribution in [0.3, 0.4) is 0 Å². The molecule has 0 unspecified atom stereocenters. The molecule has 0 aliphatic heterocycles. The highest BCUT2D eigenvalue weighted by Crippen LogP contribution is 2.31. The minimum atomic E-state index is 0.408. The van der Waals surface area contributed by atoms with Gasteiger partial charge in [-0.15, -0.1) is 0 Å². The van der Waals surface area contributed by atoms with E-state index in [2.05, 4.69) is 15.3 Å². The molecule has 3 aromatic rings. The van der Waals surface area contributed by atoms with Crippen LogP contribution >= 0.6 is 12.2 Å². The van der Waals surface area contributed by atoms with E-state index in [1.807, 2.05) is 48.1 Å². The Kier molecular flexibility index (Phi) is 4.48. The average molecular weight is 343 g/mol. The molecule has 0 aliphatic carbocycles. The van der Waals surface area contributed by atoms with Crippen LogP contribution in [0.1, 0.15) is 5.69 Å². The Morgan fingerprint density at radius 2 is 2.00 bits per heavy atom. The third-order valence-corrected chi connectivity index (χ3v) is 3.85. The van der Waals surface area contributed by atoms with Crippen molar-refractivity contribution in [2.24, 2.45) is 12.1 Å². The molecule has 0 fully saturated rings. The summed E-state index contributed by atoms with van der Waals surface area (Å²) in [5.41, 5.74) is 1.76. The van der Waals surface area contributed by atoms with Gasteiger partial charge < -0.3 is 14.0 Å². The number of aromatic amines is 1. The minimum Gasteiger partial charge on any atom is -0.493 e. The van der Waals surface area contributed by atoms with Crippen LogP contribution in [0.5, 0.6) is 11.5 Å². The zero-order chi connectivity index (χ0) is 17.1. The van der Waals surface area contributed by atoms with E-state index in [0.717, 1.165) is 11.3 Å². The molecule has 7 nitrogen and oxygen atoms in total. The lowest BCUT2D eigenvalue weighted by Crippen LogP contribution is -1.98. The first kappa shape index (κ1) is 16.0. The third-order valence-electron chi connectivity index (χ3n) is 3.58. The quantitative estimate of drug-likeness (QED) is 0.571. The molecule has 0 aliphatic rings. The van der Waals surface area contributed by atoms with Crippen molar-refractivity contribution in [1.29, 1.82) is 0 Å². The van der Waals surface area contributed by atoms with E-state index in [-0.39, 0.29) is 0 Å². The lowest BCUT2D eigenvalue weighted by atomic mass is 10.2. The van der Waals surface area contributed by atoms with Gasteiger partial charge in [0.25, 0.3) is 0 Å². The molecule has 0 radical (unpaired) electrons. The van der Waals surface area contributed by atoms with Crippen molar-refractivity contribution in [2.75, 3.05) is 14.2 Å². The summed E-state index contributed by atoms with van der Waals surface area (Å²) < 4.78 is 14.5. The predicted octanol–water partition coefficient (Wildman–Crippen LogP) is 2.85. The Labute approximate surface area is 144 Å². The van der Waals surface area contributed by atoms with Crippen molar-refractivity contribution in [1.82, 2.24) is 19.4 Å². The maximum atomic E-state index is 5.34. The first-order valence-corrected chi connectivity index (χ1v) is 7.60. The lowest BCUT2D eigenvalue weighted by Gasteiger charge is -2.09. The standard InChI is InChI=1S/C16H17N5O2S/c1-20-8-4-5-12(20)10-17-21-15(18-19-16(21)24)11-6-7-13(22-2)14(9-11)23-3/h4-10H,1-3H3,(H,19,24)/b17-10-. The van der Waals surface area contributed by atoms with Gasteiger partial charge in [-0.25, -0.2) is 5.10 Å². The molecular formula is C16H17N5O2S. The Hall–Kier alpha value is -2.87. The van der Waals surface area contributed by atoms with Crippen molar-refractivity contribution in [3.05, 3.63) is 47.0 Å². The van der Waals surface area contributed by atoms with Gasteiger partial charge in [0.2, 0.25) is 4.77 Å². The van der Waals surface area contributed by atoms with Crippen LogP contribution in [0.2, 0.25) is 0 Å². The highest BCUT2D eigenvalue weighted by Gasteiger charge is 2.12. The first-order valence-electron chi connectivity index (χ1n) is 7.19. The number of nitrogens with one attached hydrogen (secondary N) is 1. The van der Waals surface area contributed by atoms with Gasteiger partial charge in [0.05, 0.1) is 26.1 Å². The van der Waals surface area contributed by atoms with Crippen LogP contribution in [-0.2, 0) is 7.05 Å². The Morgan fingerprint density at radius 3 is 2.67 bits per heavy atom. The fourth-order valence-corrected chi connectivity index (χ4v) is 2.47. The smallest absolute Gasteiger partial charge is 0.216 e. The average Bonchev–Trinajstić information content (AvgIpc) is 3.17. The number of H-pyrrole nitrogens is 1. The normalized spacial score (nSPS) is 11.1. The molecule has 0 spiro atoms. The maximum absolute atomic E-state index is 5.34. The molecule has 2 heterocycles.